The van der Waals surface area contributed by atoms with Crippen molar-refractivity contribution in [1.29, 1.82) is 0 Å². The van der Waals surface area contributed by atoms with E-state index in [9.17, 15) is 22.0 Å². The summed E-state index contributed by atoms with van der Waals surface area (Å²) < 4.78 is 64.6. The predicted octanol–water partition coefficient (Wildman–Crippen LogP) is 2.09. The normalized spacial score (nSPS) is 16.8. The van der Waals surface area contributed by atoms with Crippen LogP contribution in [-0.2, 0) is 19.6 Å². The molecule has 6 nitrogen and oxygen atoms in total. The van der Waals surface area contributed by atoms with E-state index >= 15 is 0 Å². The standard InChI is InChI=1S/C16H13F2NO5S/c1-23-16(20)14-9-19(12-7-2-3-8-13(12)24-14)25(21,22)15-10(17)5-4-6-11(15)18/h2-8,14H,9H2,1H3/t14-/m1/s1. The van der Waals surface area contributed by atoms with Crippen molar-refractivity contribution >= 4 is 21.7 Å². The molecule has 132 valence electrons. The zero-order chi connectivity index (χ0) is 18.2. The molecule has 25 heavy (non-hydrogen) atoms. The molecule has 0 spiro atoms. The molecule has 2 aromatic carbocycles. The fourth-order valence-corrected chi connectivity index (χ4v) is 4.11. The van der Waals surface area contributed by atoms with Crippen LogP contribution in [0, 0.1) is 11.6 Å². The lowest BCUT2D eigenvalue weighted by molar-refractivity contribution is -0.148. The van der Waals surface area contributed by atoms with Gasteiger partial charge in [-0.3, -0.25) is 4.31 Å². The summed E-state index contributed by atoms with van der Waals surface area (Å²) in [6, 6.07) is 8.74. The fourth-order valence-electron chi connectivity index (χ4n) is 2.52. The molecule has 0 radical (unpaired) electrons. The van der Waals surface area contributed by atoms with Crippen LogP contribution in [0.5, 0.6) is 5.75 Å². The molecule has 1 aliphatic rings. The Kier molecular flexibility index (Phi) is 4.34. The van der Waals surface area contributed by atoms with E-state index in [1.807, 2.05) is 0 Å². The third-order valence-corrected chi connectivity index (χ3v) is 5.50. The largest absolute Gasteiger partial charge is 0.475 e. The van der Waals surface area contributed by atoms with Crippen LogP contribution in [-0.4, -0.2) is 34.1 Å². The van der Waals surface area contributed by atoms with Crippen molar-refractivity contribution in [3.63, 3.8) is 0 Å². The van der Waals surface area contributed by atoms with Gasteiger partial charge in [0, 0.05) is 0 Å². The molecular weight excluding hydrogens is 356 g/mol. The Hall–Kier alpha value is -2.68. The zero-order valence-electron chi connectivity index (χ0n) is 13.0. The third kappa shape index (κ3) is 2.91. The maximum atomic E-state index is 14.0. The van der Waals surface area contributed by atoms with Crippen LogP contribution in [0.1, 0.15) is 0 Å². The molecular formula is C16H13F2NO5S. The van der Waals surface area contributed by atoms with Crippen LogP contribution in [0.3, 0.4) is 0 Å². The Labute approximate surface area is 142 Å². The van der Waals surface area contributed by atoms with Gasteiger partial charge in [0.1, 0.15) is 17.4 Å². The third-order valence-electron chi connectivity index (χ3n) is 3.67. The molecule has 1 heterocycles. The second-order valence-electron chi connectivity index (χ2n) is 5.18. The maximum absolute atomic E-state index is 14.0. The summed E-state index contributed by atoms with van der Waals surface area (Å²) in [7, 11) is -3.49. The van der Waals surface area contributed by atoms with Crippen LogP contribution in [0.15, 0.2) is 47.4 Å². The van der Waals surface area contributed by atoms with E-state index in [-0.39, 0.29) is 11.4 Å². The lowest BCUT2D eigenvalue weighted by atomic mass is 10.2. The lowest BCUT2D eigenvalue weighted by Gasteiger charge is -2.34. The smallest absolute Gasteiger partial charge is 0.348 e. The minimum absolute atomic E-state index is 0.0744. The van der Waals surface area contributed by atoms with Gasteiger partial charge < -0.3 is 9.47 Å². The molecule has 0 saturated heterocycles. The quantitative estimate of drug-likeness (QED) is 0.775. The van der Waals surface area contributed by atoms with E-state index in [0.29, 0.717) is 0 Å². The molecule has 0 bridgehead atoms. The van der Waals surface area contributed by atoms with Crippen LogP contribution in [0.2, 0.25) is 0 Å². The number of anilines is 1. The van der Waals surface area contributed by atoms with Gasteiger partial charge in [0.05, 0.1) is 19.3 Å². The summed E-state index contributed by atoms with van der Waals surface area (Å²) in [4.78, 5) is 10.7. The number of benzene rings is 2. The average molecular weight is 369 g/mol. The molecule has 1 aliphatic heterocycles. The summed E-state index contributed by atoms with van der Waals surface area (Å²) in [6.45, 7) is -0.472. The summed E-state index contributed by atoms with van der Waals surface area (Å²) in [5.41, 5.74) is 0.0744. The van der Waals surface area contributed by atoms with Crippen molar-refractivity contribution < 1.29 is 31.5 Å². The van der Waals surface area contributed by atoms with Gasteiger partial charge in [-0.2, -0.15) is 0 Å². The number of para-hydroxylation sites is 2. The van der Waals surface area contributed by atoms with Gasteiger partial charge in [0.2, 0.25) is 6.10 Å². The van der Waals surface area contributed by atoms with Crippen molar-refractivity contribution in [3.05, 3.63) is 54.1 Å². The number of fused-ring (bicyclic) bond motifs is 1. The summed E-state index contributed by atoms with van der Waals surface area (Å²) in [5.74, 6) is -3.16. The average Bonchev–Trinajstić information content (AvgIpc) is 2.59. The number of methoxy groups -OCH3 is 1. The Morgan fingerprint density at radius 1 is 1.16 bits per heavy atom. The van der Waals surface area contributed by atoms with Gasteiger partial charge in [-0.25, -0.2) is 22.0 Å². The van der Waals surface area contributed by atoms with Crippen molar-refractivity contribution in [2.45, 2.75) is 11.0 Å². The molecule has 1 atom stereocenters. The molecule has 0 amide bonds. The number of carbonyl (C=O) groups excluding carboxylic acids is 1. The van der Waals surface area contributed by atoms with Gasteiger partial charge in [-0.05, 0) is 24.3 Å². The van der Waals surface area contributed by atoms with Gasteiger partial charge in [-0.1, -0.05) is 18.2 Å². The van der Waals surface area contributed by atoms with E-state index in [4.69, 9.17) is 4.74 Å². The van der Waals surface area contributed by atoms with Crippen molar-refractivity contribution in [3.8, 4) is 5.75 Å². The van der Waals surface area contributed by atoms with E-state index in [1.54, 1.807) is 12.1 Å². The monoisotopic (exact) mass is 369 g/mol. The van der Waals surface area contributed by atoms with Gasteiger partial charge in [-0.15, -0.1) is 0 Å². The Balaban J connectivity index is 2.16. The number of esters is 1. The van der Waals surface area contributed by atoms with Crippen LogP contribution >= 0.6 is 0 Å². The molecule has 0 aliphatic carbocycles. The molecule has 0 N–H and O–H groups in total. The molecule has 0 aromatic heterocycles. The Bertz CT molecular complexity index is 912. The number of halogens is 2. The van der Waals surface area contributed by atoms with Gasteiger partial charge >= 0.3 is 5.97 Å². The maximum Gasteiger partial charge on any atom is 0.348 e. The zero-order valence-corrected chi connectivity index (χ0v) is 13.8. The Morgan fingerprint density at radius 2 is 1.80 bits per heavy atom. The van der Waals surface area contributed by atoms with Crippen LogP contribution < -0.4 is 9.04 Å². The van der Waals surface area contributed by atoms with Crippen molar-refractivity contribution in [1.82, 2.24) is 0 Å². The number of ether oxygens (including phenoxy) is 2. The predicted molar refractivity (Wildman–Crippen MR) is 83.8 cm³/mol. The lowest BCUT2D eigenvalue weighted by Crippen LogP contribution is -2.47. The van der Waals surface area contributed by atoms with Gasteiger partial charge in [0.15, 0.2) is 4.90 Å². The number of hydrogen-bond acceptors (Lipinski definition) is 5. The van der Waals surface area contributed by atoms with Crippen molar-refractivity contribution in [2.24, 2.45) is 0 Å². The minimum atomic E-state index is -4.62. The number of sulfonamides is 1. The number of rotatable bonds is 3. The molecule has 0 saturated carbocycles. The van der Waals surface area contributed by atoms with Crippen LogP contribution in [0.4, 0.5) is 14.5 Å². The van der Waals surface area contributed by atoms with Gasteiger partial charge in [0.25, 0.3) is 10.0 Å². The SMILES string of the molecule is COC(=O)[C@H]1CN(S(=O)(=O)c2c(F)cccc2F)c2ccccc2O1. The molecule has 9 heteroatoms. The van der Waals surface area contributed by atoms with Crippen LogP contribution in [0.25, 0.3) is 0 Å². The second-order valence-corrected chi connectivity index (χ2v) is 6.98. The first-order chi connectivity index (χ1) is 11.9. The Morgan fingerprint density at radius 3 is 2.44 bits per heavy atom. The number of carbonyl (C=O) groups is 1. The first kappa shape index (κ1) is 17.2. The highest BCUT2D eigenvalue weighted by molar-refractivity contribution is 7.92. The number of nitrogens with zero attached hydrogens (tertiary/aromatic N) is 1. The minimum Gasteiger partial charge on any atom is -0.475 e. The van der Waals surface area contributed by atoms with E-state index in [2.05, 4.69) is 4.74 Å². The fraction of sp³-hybridized carbons (Fsp3) is 0.188. The number of hydrogen-bond donors (Lipinski definition) is 0. The molecule has 3 rings (SSSR count). The molecule has 0 fully saturated rings. The van der Waals surface area contributed by atoms with E-state index in [0.717, 1.165) is 29.6 Å². The van der Waals surface area contributed by atoms with E-state index < -0.39 is 45.2 Å². The highest BCUT2D eigenvalue weighted by Crippen LogP contribution is 2.37. The van der Waals surface area contributed by atoms with E-state index in [1.165, 1.54) is 12.1 Å². The first-order valence-electron chi connectivity index (χ1n) is 7.16. The second kappa shape index (κ2) is 6.32. The summed E-state index contributed by atoms with van der Waals surface area (Å²) in [5, 5.41) is 0. The highest BCUT2D eigenvalue weighted by Gasteiger charge is 2.40. The summed E-state index contributed by atoms with van der Waals surface area (Å²) >= 11 is 0. The molecule has 0 unspecified atom stereocenters. The highest BCUT2D eigenvalue weighted by atomic mass is 32.2. The first-order valence-corrected chi connectivity index (χ1v) is 8.60. The topological polar surface area (TPSA) is 72.9 Å². The molecule has 2 aromatic rings. The van der Waals surface area contributed by atoms with Crippen molar-refractivity contribution in [2.75, 3.05) is 18.0 Å². The summed E-state index contributed by atoms with van der Waals surface area (Å²) in [6.07, 6.45) is -1.26.